The Morgan fingerprint density at radius 2 is 1.71 bits per heavy atom. The molecule has 0 saturated carbocycles. The first-order valence-electron chi connectivity index (χ1n) is 10.4. The molecule has 0 unspecified atom stereocenters. The van der Waals surface area contributed by atoms with Gasteiger partial charge >= 0.3 is 6.18 Å². The molecule has 0 spiro atoms. The van der Waals surface area contributed by atoms with E-state index in [2.05, 4.69) is 0 Å². The number of hydrogen-bond acceptors (Lipinski definition) is 4. The summed E-state index contributed by atoms with van der Waals surface area (Å²) in [6.07, 6.45) is -3.35. The molecule has 0 aliphatic carbocycles. The number of rotatable bonds is 3. The summed E-state index contributed by atoms with van der Waals surface area (Å²) in [5, 5.41) is 0. The molecule has 7 nitrogen and oxygen atoms in total. The Hall–Kier alpha value is -2.62. The SMILES string of the molecule is O=C([C@H]1CC(=O)N(c2cccc(C(F)(F)F)c2)C1)N1CCN(C(=O)[C@H]2CCCO2)CC1. The molecule has 4 rings (SSSR count). The molecule has 3 aliphatic rings. The van der Waals surface area contributed by atoms with Crippen LogP contribution >= 0.6 is 0 Å². The fourth-order valence-corrected chi connectivity index (χ4v) is 4.35. The molecule has 0 aromatic heterocycles. The van der Waals surface area contributed by atoms with E-state index in [0.717, 1.165) is 18.6 Å². The number of alkyl halides is 3. The lowest BCUT2D eigenvalue weighted by atomic mass is 10.1. The van der Waals surface area contributed by atoms with E-state index in [-0.39, 0.29) is 36.4 Å². The van der Waals surface area contributed by atoms with Crippen molar-refractivity contribution >= 4 is 23.4 Å². The van der Waals surface area contributed by atoms with Gasteiger partial charge in [-0.15, -0.1) is 0 Å². The average molecular weight is 439 g/mol. The van der Waals surface area contributed by atoms with Crippen molar-refractivity contribution in [3.05, 3.63) is 29.8 Å². The van der Waals surface area contributed by atoms with Gasteiger partial charge in [0.15, 0.2) is 0 Å². The van der Waals surface area contributed by atoms with Crippen LogP contribution in [-0.2, 0) is 25.3 Å². The molecular formula is C21H24F3N3O4. The number of carbonyl (C=O) groups excluding carboxylic acids is 3. The highest BCUT2D eigenvalue weighted by atomic mass is 19.4. The monoisotopic (exact) mass is 439 g/mol. The van der Waals surface area contributed by atoms with Gasteiger partial charge in [-0.3, -0.25) is 14.4 Å². The summed E-state index contributed by atoms with van der Waals surface area (Å²) in [4.78, 5) is 42.4. The van der Waals surface area contributed by atoms with Crippen molar-refractivity contribution < 1.29 is 32.3 Å². The maximum absolute atomic E-state index is 13.0. The van der Waals surface area contributed by atoms with Crippen molar-refractivity contribution in [2.45, 2.75) is 31.5 Å². The third-order valence-electron chi connectivity index (χ3n) is 6.07. The quantitative estimate of drug-likeness (QED) is 0.722. The minimum atomic E-state index is -4.51. The largest absolute Gasteiger partial charge is 0.416 e. The molecular weight excluding hydrogens is 415 g/mol. The smallest absolute Gasteiger partial charge is 0.368 e. The fourth-order valence-electron chi connectivity index (χ4n) is 4.35. The number of nitrogens with zero attached hydrogens (tertiary/aromatic N) is 3. The van der Waals surface area contributed by atoms with E-state index in [0.29, 0.717) is 39.2 Å². The number of halogens is 3. The zero-order chi connectivity index (χ0) is 22.2. The Labute approximate surface area is 177 Å². The van der Waals surface area contributed by atoms with E-state index in [4.69, 9.17) is 4.74 Å². The van der Waals surface area contributed by atoms with Crippen LogP contribution in [0, 0.1) is 5.92 Å². The van der Waals surface area contributed by atoms with Crippen LogP contribution in [0.2, 0.25) is 0 Å². The Morgan fingerprint density at radius 3 is 2.32 bits per heavy atom. The molecule has 0 N–H and O–H groups in total. The van der Waals surface area contributed by atoms with Crippen molar-refractivity contribution in [3.63, 3.8) is 0 Å². The first kappa shape index (κ1) is 21.6. The van der Waals surface area contributed by atoms with Crippen LogP contribution < -0.4 is 4.90 Å². The summed E-state index contributed by atoms with van der Waals surface area (Å²) in [5.41, 5.74) is -0.693. The second-order valence-electron chi connectivity index (χ2n) is 8.11. The van der Waals surface area contributed by atoms with Crippen molar-refractivity contribution in [3.8, 4) is 0 Å². The molecule has 10 heteroatoms. The van der Waals surface area contributed by atoms with E-state index in [1.165, 1.54) is 17.0 Å². The van der Waals surface area contributed by atoms with Crippen LogP contribution in [0.25, 0.3) is 0 Å². The first-order chi connectivity index (χ1) is 14.7. The van der Waals surface area contributed by atoms with Crippen molar-refractivity contribution in [2.24, 2.45) is 5.92 Å². The Balaban J connectivity index is 1.35. The molecule has 168 valence electrons. The van der Waals surface area contributed by atoms with Crippen molar-refractivity contribution in [1.29, 1.82) is 0 Å². The average Bonchev–Trinajstić information content (AvgIpc) is 3.42. The second-order valence-corrected chi connectivity index (χ2v) is 8.11. The molecule has 3 fully saturated rings. The lowest BCUT2D eigenvalue weighted by Crippen LogP contribution is -2.54. The Morgan fingerprint density at radius 1 is 1.03 bits per heavy atom. The van der Waals surface area contributed by atoms with Gasteiger partial charge in [0.05, 0.1) is 11.5 Å². The van der Waals surface area contributed by atoms with Gasteiger partial charge in [-0.1, -0.05) is 6.07 Å². The van der Waals surface area contributed by atoms with Gasteiger partial charge < -0.3 is 19.4 Å². The van der Waals surface area contributed by atoms with E-state index < -0.39 is 23.8 Å². The summed E-state index contributed by atoms with van der Waals surface area (Å²) in [6.45, 7) is 2.18. The van der Waals surface area contributed by atoms with Crippen LogP contribution in [0.3, 0.4) is 0 Å². The van der Waals surface area contributed by atoms with E-state index in [1.54, 1.807) is 9.80 Å². The zero-order valence-corrected chi connectivity index (χ0v) is 16.9. The third-order valence-corrected chi connectivity index (χ3v) is 6.07. The highest BCUT2D eigenvalue weighted by Crippen LogP contribution is 2.33. The second kappa shape index (κ2) is 8.49. The first-order valence-corrected chi connectivity index (χ1v) is 10.4. The third kappa shape index (κ3) is 4.53. The van der Waals surface area contributed by atoms with Crippen LogP contribution in [0.15, 0.2) is 24.3 Å². The van der Waals surface area contributed by atoms with Gasteiger partial charge in [0.25, 0.3) is 5.91 Å². The van der Waals surface area contributed by atoms with E-state index >= 15 is 0 Å². The number of ether oxygens (including phenoxy) is 1. The van der Waals surface area contributed by atoms with Crippen LogP contribution in [-0.4, -0.2) is 73.0 Å². The van der Waals surface area contributed by atoms with Gasteiger partial charge in [-0.05, 0) is 31.0 Å². The number of amides is 3. The topological polar surface area (TPSA) is 70.2 Å². The Kier molecular flexibility index (Phi) is 5.92. The van der Waals surface area contributed by atoms with E-state index in [1.807, 2.05) is 0 Å². The highest BCUT2D eigenvalue weighted by Gasteiger charge is 2.40. The maximum Gasteiger partial charge on any atom is 0.416 e. The molecule has 2 atom stereocenters. The van der Waals surface area contributed by atoms with Crippen molar-refractivity contribution in [2.75, 3.05) is 44.2 Å². The molecule has 3 heterocycles. The predicted molar refractivity (Wildman–Crippen MR) is 104 cm³/mol. The summed E-state index contributed by atoms with van der Waals surface area (Å²) < 4.78 is 44.4. The summed E-state index contributed by atoms with van der Waals surface area (Å²) in [6, 6.07) is 4.57. The molecule has 0 bridgehead atoms. The summed E-state index contributed by atoms with van der Waals surface area (Å²) >= 11 is 0. The maximum atomic E-state index is 13.0. The van der Waals surface area contributed by atoms with Crippen molar-refractivity contribution in [1.82, 2.24) is 9.80 Å². The minimum Gasteiger partial charge on any atom is -0.368 e. The fraction of sp³-hybridized carbons (Fsp3) is 0.571. The number of hydrogen-bond donors (Lipinski definition) is 0. The van der Waals surface area contributed by atoms with Crippen LogP contribution in [0.4, 0.5) is 18.9 Å². The number of benzene rings is 1. The van der Waals surface area contributed by atoms with Gasteiger partial charge in [-0.25, -0.2) is 0 Å². The van der Waals surface area contributed by atoms with Crippen LogP contribution in [0.5, 0.6) is 0 Å². The molecule has 3 saturated heterocycles. The standard InChI is InChI=1S/C21H24F3N3O4/c22-21(23,24)15-3-1-4-16(12-15)27-13-14(11-18(27)28)19(29)25-6-8-26(9-7-25)20(30)17-5-2-10-31-17/h1,3-4,12,14,17H,2,5-11,13H2/t14-,17+/m0/s1. The normalized spacial score (nSPS) is 24.7. The molecule has 0 radical (unpaired) electrons. The van der Waals surface area contributed by atoms with Gasteiger partial charge in [0, 0.05) is 51.4 Å². The lowest BCUT2D eigenvalue weighted by molar-refractivity contribution is -0.147. The number of anilines is 1. The summed E-state index contributed by atoms with van der Waals surface area (Å²) in [5.74, 6) is -1.23. The molecule has 3 amide bonds. The highest BCUT2D eigenvalue weighted by molar-refractivity contribution is 6.00. The van der Waals surface area contributed by atoms with Gasteiger partial charge in [0.1, 0.15) is 6.10 Å². The minimum absolute atomic E-state index is 0.0376. The molecule has 1 aromatic rings. The number of piperazine rings is 1. The molecule has 1 aromatic carbocycles. The molecule has 3 aliphatic heterocycles. The lowest BCUT2D eigenvalue weighted by Gasteiger charge is -2.36. The number of carbonyl (C=O) groups is 3. The van der Waals surface area contributed by atoms with E-state index in [9.17, 15) is 27.6 Å². The summed E-state index contributed by atoms with van der Waals surface area (Å²) in [7, 11) is 0. The predicted octanol–water partition coefficient (Wildman–Crippen LogP) is 1.91. The Bertz CT molecular complexity index is 862. The van der Waals surface area contributed by atoms with Gasteiger partial charge in [-0.2, -0.15) is 13.2 Å². The van der Waals surface area contributed by atoms with Crippen LogP contribution in [0.1, 0.15) is 24.8 Å². The zero-order valence-electron chi connectivity index (χ0n) is 16.9. The van der Waals surface area contributed by atoms with Gasteiger partial charge in [0.2, 0.25) is 11.8 Å². The molecule has 31 heavy (non-hydrogen) atoms.